The third-order valence-corrected chi connectivity index (χ3v) is 17.9. The van der Waals surface area contributed by atoms with E-state index >= 15 is 0 Å². The van der Waals surface area contributed by atoms with E-state index in [9.17, 15) is 0 Å². The SMILES string of the molecule is Cc1cc(-c2nc(-c3cc(C(C)(C)C)cc(C(C)(C)C)c3)nc(-c3cc(-c4ccccc4-n4c5ccccc5c5c6oc7ccccc7c6ccc54)ccc3-n3c4ccc(-c5ccccc5)cc4c4cc(-c5ccccc5)ccc43)n2)cc(C(C)(C)C)c1. The van der Waals surface area contributed by atoms with Gasteiger partial charge in [0.25, 0.3) is 0 Å². The Kier molecular flexibility index (Phi) is 12.7. The van der Waals surface area contributed by atoms with Crippen LogP contribution in [0.5, 0.6) is 0 Å². The van der Waals surface area contributed by atoms with Crippen LogP contribution in [0.4, 0.5) is 0 Å². The highest BCUT2D eigenvalue weighted by Gasteiger charge is 2.27. The quantitative estimate of drug-likeness (QED) is 0.152. The predicted molar refractivity (Wildman–Crippen MR) is 369 cm³/mol. The Hall–Kier alpha value is -10.2. The maximum Gasteiger partial charge on any atom is 0.166 e. The number of hydrogen-bond acceptors (Lipinski definition) is 4. The van der Waals surface area contributed by atoms with Crippen molar-refractivity contribution in [2.45, 2.75) is 85.5 Å². The van der Waals surface area contributed by atoms with Crippen LogP contribution in [0.15, 0.2) is 241 Å². The summed E-state index contributed by atoms with van der Waals surface area (Å²) < 4.78 is 11.7. The molecule has 6 heteroatoms. The molecule has 0 saturated heterocycles. The maximum atomic E-state index is 6.79. The van der Waals surface area contributed by atoms with Gasteiger partial charge in [0.2, 0.25) is 0 Å². The first kappa shape index (κ1) is 54.5. The number of aromatic nitrogens is 5. The molecule has 0 aliphatic heterocycles. The van der Waals surface area contributed by atoms with Crippen LogP contribution in [-0.4, -0.2) is 24.1 Å². The average molecular weight is 1140 g/mol. The van der Waals surface area contributed by atoms with Gasteiger partial charge < -0.3 is 13.6 Å². The van der Waals surface area contributed by atoms with Crippen LogP contribution < -0.4 is 0 Å². The van der Waals surface area contributed by atoms with Crippen LogP contribution in [-0.2, 0) is 16.2 Å². The van der Waals surface area contributed by atoms with E-state index in [0.29, 0.717) is 17.5 Å². The minimum atomic E-state index is -0.145. The van der Waals surface area contributed by atoms with Crippen molar-refractivity contribution in [3.8, 4) is 78.9 Å². The fourth-order valence-corrected chi connectivity index (χ4v) is 13.1. The summed E-state index contributed by atoms with van der Waals surface area (Å²) in [7, 11) is 0. The number of hydrogen-bond donors (Lipinski definition) is 0. The molecule has 4 heterocycles. The predicted octanol–water partition coefficient (Wildman–Crippen LogP) is 22.2. The largest absolute Gasteiger partial charge is 0.455 e. The third-order valence-electron chi connectivity index (χ3n) is 17.9. The lowest BCUT2D eigenvalue weighted by atomic mass is 9.79. The number of para-hydroxylation sites is 3. The standard InChI is InChI=1S/C82H69N5O/c1-50-41-56(43-58(42-50)80(2,3)4)77-83-78(57-44-59(81(5,6)7)49-60(45-57)82(8,9)10)85-79(84-77)67-48-55(61-27-17-20-30-68(61)87-69-31-21-18-29-64(69)75-73(87)40-36-63-62-28-19-22-32-74(62)88-76(63)75)35-39-72(67)86-70-37-33-53(51-23-13-11-14-24-51)46-65(70)66-47-54(34-38-71(66)86)52-25-15-12-16-26-52/h11-49H,1-10H3. The number of benzene rings is 11. The van der Waals surface area contributed by atoms with Gasteiger partial charge in [-0.2, -0.15) is 0 Å². The minimum Gasteiger partial charge on any atom is -0.455 e. The minimum absolute atomic E-state index is 0.122. The molecule has 0 saturated carbocycles. The Balaban J connectivity index is 1.04. The molecule has 11 aromatic carbocycles. The Morgan fingerprint density at radius 3 is 1.41 bits per heavy atom. The molecule has 6 nitrogen and oxygen atoms in total. The molecule has 0 N–H and O–H groups in total. The number of rotatable bonds is 8. The van der Waals surface area contributed by atoms with E-state index in [0.717, 1.165) is 121 Å². The fraction of sp³-hybridized carbons (Fsp3) is 0.159. The summed E-state index contributed by atoms with van der Waals surface area (Å²) in [5, 5.41) is 6.74. The van der Waals surface area contributed by atoms with Gasteiger partial charge in [-0.05, 0) is 159 Å². The molecular formula is C82H69N5O. The van der Waals surface area contributed by atoms with Crippen molar-refractivity contribution in [2.75, 3.05) is 0 Å². The van der Waals surface area contributed by atoms with Crippen molar-refractivity contribution in [1.29, 1.82) is 0 Å². The van der Waals surface area contributed by atoms with Gasteiger partial charge >= 0.3 is 0 Å². The molecule has 428 valence electrons. The van der Waals surface area contributed by atoms with Crippen molar-refractivity contribution >= 4 is 65.6 Å². The number of aryl methyl sites for hydroxylation is 1. The summed E-state index contributed by atoms with van der Waals surface area (Å²) in [5.74, 6) is 1.82. The summed E-state index contributed by atoms with van der Waals surface area (Å²) >= 11 is 0. The van der Waals surface area contributed by atoms with Gasteiger partial charge in [0.15, 0.2) is 17.5 Å². The molecule has 0 fully saturated rings. The van der Waals surface area contributed by atoms with Crippen LogP contribution in [0.1, 0.15) is 84.6 Å². The van der Waals surface area contributed by atoms with Gasteiger partial charge in [-0.25, -0.2) is 15.0 Å². The van der Waals surface area contributed by atoms with Crippen LogP contribution in [0, 0.1) is 6.92 Å². The molecular weight excluding hydrogens is 1070 g/mol. The lowest BCUT2D eigenvalue weighted by Crippen LogP contribution is -2.17. The molecule has 0 aliphatic carbocycles. The van der Waals surface area contributed by atoms with Gasteiger partial charge in [-0.3, -0.25) is 0 Å². The number of furan rings is 1. The molecule has 0 bridgehead atoms. The van der Waals surface area contributed by atoms with Gasteiger partial charge in [-0.15, -0.1) is 0 Å². The van der Waals surface area contributed by atoms with Gasteiger partial charge in [0, 0.05) is 49.2 Å². The van der Waals surface area contributed by atoms with Crippen LogP contribution in [0.25, 0.3) is 144 Å². The molecule has 0 atom stereocenters. The average Bonchev–Trinajstić information content (AvgIpc) is 1.75. The molecule has 15 aromatic rings. The monoisotopic (exact) mass is 1140 g/mol. The summed E-state index contributed by atoms with van der Waals surface area (Å²) in [6, 6.07) is 86.3. The van der Waals surface area contributed by atoms with Crippen molar-refractivity contribution in [2.24, 2.45) is 0 Å². The summed E-state index contributed by atoms with van der Waals surface area (Å²) in [5.41, 5.74) is 22.0. The lowest BCUT2D eigenvalue weighted by Gasteiger charge is -2.26. The van der Waals surface area contributed by atoms with Gasteiger partial charge in [0.1, 0.15) is 11.2 Å². The third kappa shape index (κ3) is 9.37. The van der Waals surface area contributed by atoms with E-state index in [4.69, 9.17) is 19.4 Å². The second kappa shape index (κ2) is 20.5. The van der Waals surface area contributed by atoms with E-state index in [2.05, 4.69) is 309 Å². The number of fused-ring (bicyclic) bond motifs is 10. The Morgan fingerprint density at radius 1 is 0.307 bits per heavy atom. The van der Waals surface area contributed by atoms with E-state index in [1.54, 1.807) is 0 Å². The zero-order valence-electron chi connectivity index (χ0n) is 51.7. The molecule has 0 amide bonds. The van der Waals surface area contributed by atoms with Crippen LogP contribution in [0.2, 0.25) is 0 Å². The lowest BCUT2D eigenvalue weighted by molar-refractivity contribution is 0.569. The van der Waals surface area contributed by atoms with Gasteiger partial charge in [-0.1, -0.05) is 213 Å². The second-order valence-corrected chi connectivity index (χ2v) is 27.0. The van der Waals surface area contributed by atoms with Crippen LogP contribution >= 0.6 is 0 Å². The summed E-state index contributed by atoms with van der Waals surface area (Å²) in [6.45, 7) is 22.7. The molecule has 0 radical (unpaired) electrons. The Morgan fingerprint density at radius 2 is 0.784 bits per heavy atom. The zero-order chi connectivity index (χ0) is 60.4. The molecule has 0 aliphatic rings. The summed E-state index contributed by atoms with van der Waals surface area (Å²) in [6.07, 6.45) is 0. The molecule has 0 spiro atoms. The smallest absolute Gasteiger partial charge is 0.166 e. The van der Waals surface area contributed by atoms with Crippen molar-refractivity contribution in [3.05, 3.63) is 259 Å². The second-order valence-electron chi connectivity index (χ2n) is 27.0. The highest BCUT2D eigenvalue weighted by Crippen LogP contribution is 2.46. The topological polar surface area (TPSA) is 61.7 Å². The molecule has 4 aromatic heterocycles. The van der Waals surface area contributed by atoms with Crippen LogP contribution in [0.3, 0.4) is 0 Å². The Bertz CT molecular complexity index is 5140. The highest BCUT2D eigenvalue weighted by molar-refractivity contribution is 6.24. The first-order chi connectivity index (χ1) is 42.4. The van der Waals surface area contributed by atoms with Crippen molar-refractivity contribution in [3.63, 3.8) is 0 Å². The fourth-order valence-electron chi connectivity index (χ4n) is 13.1. The molecule has 0 unspecified atom stereocenters. The van der Waals surface area contributed by atoms with Gasteiger partial charge in [0.05, 0.1) is 38.8 Å². The number of nitrogens with zero attached hydrogens (tertiary/aromatic N) is 5. The maximum absolute atomic E-state index is 6.79. The normalized spacial score (nSPS) is 12.4. The van der Waals surface area contributed by atoms with E-state index in [1.165, 1.54) is 27.8 Å². The van der Waals surface area contributed by atoms with E-state index in [-0.39, 0.29) is 16.2 Å². The van der Waals surface area contributed by atoms with E-state index < -0.39 is 0 Å². The van der Waals surface area contributed by atoms with Crippen molar-refractivity contribution in [1.82, 2.24) is 24.1 Å². The highest BCUT2D eigenvalue weighted by atomic mass is 16.3. The van der Waals surface area contributed by atoms with Crippen molar-refractivity contribution < 1.29 is 4.42 Å². The summed E-state index contributed by atoms with van der Waals surface area (Å²) in [4.78, 5) is 17.1. The first-order valence-corrected chi connectivity index (χ1v) is 30.7. The molecule has 15 rings (SSSR count). The zero-order valence-corrected chi connectivity index (χ0v) is 51.7. The first-order valence-electron chi connectivity index (χ1n) is 30.7. The Labute approximate surface area is 514 Å². The van der Waals surface area contributed by atoms with E-state index in [1.807, 2.05) is 6.07 Å². The molecule has 88 heavy (non-hydrogen) atoms.